The minimum Gasteiger partial charge on any atom is -0.390 e. The first-order chi connectivity index (χ1) is 3.70. The normalized spacial score (nSPS) is 40.9. The molecule has 1 aliphatic rings. The summed E-state index contributed by atoms with van der Waals surface area (Å²) in [5.74, 6) is 0. The first kappa shape index (κ1) is 6.01. The summed E-state index contributed by atoms with van der Waals surface area (Å²) in [6, 6.07) is -0.0278. The van der Waals surface area contributed by atoms with E-state index in [2.05, 4.69) is 0 Å². The van der Waals surface area contributed by atoms with Crippen LogP contribution in [0.1, 0.15) is 0 Å². The molecule has 3 N–H and O–H groups in total. The van der Waals surface area contributed by atoms with Crippen molar-refractivity contribution in [1.29, 1.82) is 0 Å². The third kappa shape index (κ3) is 0.992. The first-order valence-electron chi connectivity index (χ1n) is 2.82. The fourth-order valence-corrected chi connectivity index (χ4v) is 1.01. The summed E-state index contributed by atoms with van der Waals surface area (Å²) in [4.78, 5) is 2.02. The summed E-state index contributed by atoms with van der Waals surface area (Å²) in [5.41, 5.74) is 5.48. The van der Waals surface area contributed by atoms with Gasteiger partial charge in [-0.05, 0) is 7.05 Å². The Hall–Kier alpha value is -0.120. The van der Waals surface area contributed by atoms with Crippen LogP contribution in [-0.4, -0.2) is 42.3 Å². The fourth-order valence-electron chi connectivity index (χ4n) is 1.01. The van der Waals surface area contributed by atoms with E-state index in [4.69, 9.17) is 10.8 Å². The number of aliphatic hydroxyl groups excluding tert-OH is 1. The molecule has 0 saturated carbocycles. The molecule has 0 aromatic heterocycles. The number of β-amino-alcohol motifs (C(OH)–C–C–N with tert-alkyl or cyclic N) is 1. The third-order valence-electron chi connectivity index (χ3n) is 1.52. The summed E-state index contributed by atoms with van der Waals surface area (Å²) in [7, 11) is 1.95. The summed E-state index contributed by atoms with van der Waals surface area (Å²) >= 11 is 0. The molecule has 48 valence electrons. The van der Waals surface area contributed by atoms with Crippen molar-refractivity contribution >= 4 is 0 Å². The van der Waals surface area contributed by atoms with Gasteiger partial charge in [-0.15, -0.1) is 0 Å². The van der Waals surface area contributed by atoms with E-state index in [1.54, 1.807) is 0 Å². The Labute approximate surface area is 49.1 Å². The van der Waals surface area contributed by atoms with E-state index in [1.807, 2.05) is 11.9 Å². The van der Waals surface area contributed by atoms with Crippen molar-refractivity contribution in [3.63, 3.8) is 0 Å². The van der Waals surface area contributed by atoms with Gasteiger partial charge in [0.05, 0.1) is 6.10 Å². The predicted molar refractivity (Wildman–Crippen MR) is 31.5 cm³/mol. The number of rotatable bonds is 0. The van der Waals surface area contributed by atoms with Crippen LogP contribution in [0.2, 0.25) is 0 Å². The van der Waals surface area contributed by atoms with Crippen LogP contribution in [-0.2, 0) is 0 Å². The van der Waals surface area contributed by atoms with Crippen LogP contribution < -0.4 is 5.73 Å². The van der Waals surface area contributed by atoms with Gasteiger partial charge < -0.3 is 15.7 Å². The fraction of sp³-hybridized carbons (Fsp3) is 1.00. The topological polar surface area (TPSA) is 49.5 Å². The molecule has 1 heterocycles. The Morgan fingerprint density at radius 2 is 2.25 bits per heavy atom. The second kappa shape index (κ2) is 2.01. The minimum atomic E-state index is -0.306. The summed E-state index contributed by atoms with van der Waals surface area (Å²) < 4.78 is 0. The summed E-state index contributed by atoms with van der Waals surface area (Å²) in [6.45, 7) is 1.54. The number of nitrogens with zero attached hydrogens (tertiary/aromatic N) is 1. The zero-order chi connectivity index (χ0) is 6.15. The van der Waals surface area contributed by atoms with Crippen LogP contribution in [0.25, 0.3) is 0 Å². The van der Waals surface area contributed by atoms with E-state index >= 15 is 0 Å². The lowest BCUT2D eigenvalue weighted by molar-refractivity contribution is 0.169. The summed E-state index contributed by atoms with van der Waals surface area (Å²) in [5, 5.41) is 9.00. The van der Waals surface area contributed by atoms with E-state index in [1.165, 1.54) is 0 Å². The predicted octanol–water partition coefficient (Wildman–Crippen LogP) is -1.38. The highest BCUT2D eigenvalue weighted by molar-refractivity contribution is 4.84. The molecule has 0 aromatic rings. The average Bonchev–Trinajstić information content (AvgIpc) is 1.85. The van der Waals surface area contributed by atoms with Crippen molar-refractivity contribution in [1.82, 2.24) is 4.90 Å². The van der Waals surface area contributed by atoms with Crippen LogP contribution in [0.5, 0.6) is 0 Å². The maximum absolute atomic E-state index is 9.00. The van der Waals surface area contributed by atoms with E-state index in [-0.39, 0.29) is 12.1 Å². The number of nitrogens with two attached hydrogens (primary N) is 1. The second-order valence-electron chi connectivity index (χ2n) is 2.45. The highest BCUT2D eigenvalue weighted by atomic mass is 16.3. The quantitative estimate of drug-likeness (QED) is 0.410. The maximum Gasteiger partial charge on any atom is 0.0830 e. The molecule has 0 aromatic carbocycles. The third-order valence-corrected chi connectivity index (χ3v) is 1.52. The zero-order valence-electron chi connectivity index (χ0n) is 5.04. The molecular weight excluding hydrogens is 104 g/mol. The average molecular weight is 116 g/mol. The molecule has 1 rings (SSSR count). The number of aliphatic hydroxyl groups is 1. The van der Waals surface area contributed by atoms with E-state index < -0.39 is 0 Å². The Morgan fingerprint density at radius 1 is 1.62 bits per heavy atom. The minimum absolute atomic E-state index is 0.0278. The van der Waals surface area contributed by atoms with Gasteiger partial charge in [-0.1, -0.05) is 0 Å². The van der Waals surface area contributed by atoms with Crippen molar-refractivity contribution < 1.29 is 5.11 Å². The van der Waals surface area contributed by atoms with Gasteiger partial charge in [-0.3, -0.25) is 0 Å². The molecule has 0 radical (unpaired) electrons. The number of likely N-dealkylation sites (N-methyl/N-ethyl adjacent to an activating group) is 1. The van der Waals surface area contributed by atoms with Crippen LogP contribution in [0.4, 0.5) is 0 Å². The van der Waals surface area contributed by atoms with Gasteiger partial charge in [0.15, 0.2) is 0 Å². The van der Waals surface area contributed by atoms with Gasteiger partial charge in [0.25, 0.3) is 0 Å². The van der Waals surface area contributed by atoms with E-state index in [9.17, 15) is 0 Å². The number of likely N-dealkylation sites (tertiary alicyclic amines) is 1. The molecule has 3 nitrogen and oxygen atoms in total. The van der Waals surface area contributed by atoms with E-state index in [0.717, 1.165) is 13.1 Å². The Balaban J connectivity index is 2.39. The van der Waals surface area contributed by atoms with Gasteiger partial charge in [0.1, 0.15) is 0 Å². The molecule has 1 aliphatic heterocycles. The molecular formula is C5H12N2O. The highest BCUT2D eigenvalue weighted by Gasteiger charge is 2.24. The van der Waals surface area contributed by atoms with Gasteiger partial charge in [0.2, 0.25) is 0 Å². The molecule has 0 spiro atoms. The molecule has 1 saturated heterocycles. The van der Waals surface area contributed by atoms with Crippen LogP contribution in [0, 0.1) is 0 Å². The van der Waals surface area contributed by atoms with Crippen molar-refractivity contribution in [2.45, 2.75) is 12.1 Å². The molecule has 0 amide bonds. The number of hydrogen-bond acceptors (Lipinski definition) is 3. The zero-order valence-corrected chi connectivity index (χ0v) is 5.04. The highest BCUT2D eigenvalue weighted by Crippen LogP contribution is 2.03. The van der Waals surface area contributed by atoms with Gasteiger partial charge in [0, 0.05) is 19.1 Å². The molecule has 8 heavy (non-hydrogen) atoms. The Bertz CT molecular complexity index is 76.5. The maximum atomic E-state index is 9.00. The second-order valence-corrected chi connectivity index (χ2v) is 2.45. The lowest BCUT2D eigenvalue weighted by Gasteiger charge is -2.03. The van der Waals surface area contributed by atoms with Gasteiger partial charge >= 0.3 is 0 Å². The molecule has 2 atom stereocenters. The lowest BCUT2D eigenvalue weighted by atomic mass is 10.2. The SMILES string of the molecule is CN1CC(O)[C@@H](N)C1. The number of hydrogen-bond donors (Lipinski definition) is 2. The van der Waals surface area contributed by atoms with Crippen LogP contribution in [0.15, 0.2) is 0 Å². The molecule has 1 fully saturated rings. The monoisotopic (exact) mass is 116 g/mol. The van der Waals surface area contributed by atoms with Crippen LogP contribution >= 0.6 is 0 Å². The smallest absolute Gasteiger partial charge is 0.0830 e. The van der Waals surface area contributed by atoms with Crippen LogP contribution in [0.3, 0.4) is 0 Å². The van der Waals surface area contributed by atoms with Crippen molar-refractivity contribution in [3.8, 4) is 0 Å². The molecule has 3 heteroatoms. The lowest BCUT2D eigenvalue weighted by Crippen LogP contribution is -2.32. The Kier molecular flexibility index (Phi) is 1.51. The van der Waals surface area contributed by atoms with Gasteiger partial charge in [-0.25, -0.2) is 0 Å². The van der Waals surface area contributed by atoms with Crippen molar-refractivity contribution in [2.75, 3.05) is 20.1 Å². The largest absolute Gasteiger partial charge is 0.390 e. The summed E-state index contributed by atoms with van der Waals surface area (Å²) in [6.07, 6.45) is -0.306. The first-order valence-corrected chi connectivity index (χ1v) is 2.82. The van der Waals surface area contributed by atoms with Crippen molar-refractivity contribution in [2.24, 2.45) is 5.73 Å². The van der Waals surface area contributed by atoms with E-state index in [0.29, 0.717) is 0 Å². The van der Waals surface area contributed by atoms with Crippen molar-refractivity contribution in [3.05, 3.63) is 0 Å². The van der Waals surface area contributed by atoms with Gasteiger partial charge in [-0.2, -0.15) is 0 Å². The Morgan fingerprint density at radius 3 is 2.38 bits per heavy atom. The molecule has 0 bridgehead atoms. The molecule has 1 unspecified atom stereocenters. The molecule has 0 aliphatic carbocycles. The standard InChI is InChI=1S/C5H12N2O/c1-7-2-4(6)5(8)3-7/h4-5,8H,2-3,6H2,1H3/t4-,5?/m0/s1.